The Morgan fingerprint density at radius 3 is 2.88 bits per heavy atom. The molecule has 1 aromatic rings. The van der Waals surface area contributed by atoms with Crippen LogP contribution in [0.1, 0.15) is 42.5 Å². The predicted octanol–water partition coefficient (Wildman–Crippen LogP) is 2.15. The van der Waals surface area contributed by atoms with E-state index in [1.54, 1.807) is 12.3 Å². The smallest absolute Gasteiger partial charge is 0.257 e. The fraction of sp³-hybridized carbons (Fsp3) is 0.737. The zero-order valence-corrected chi connectivity index (χ0v) is 14.8. The summed E-state index contributed by atoms with van der Waals surface area (Å²) in [4.78, 5) is 17.0. The first kappa shape index (κ1) is 17.1. The van der Waals surface area contributed by atoms with Gasteiger partial charge in [0, 0.05) is 13.1 Å². The molecule has 138 valence electrons. The van der Waals surface area contributed by atoms with E-state index in [-0.39, 0.29) is 24.2 Å². The van der Waals surface area contributed by atoms with Crippen molar-refractivity contribution in [3.05, 3.63) is 24.2 Å². The second-order valence-electron chi connectivity index (χ2n) is 7.36. The molecule has 0 N–H and O–H groups in total. The lowest BCUT2D eigenvalue weighted by Gasteiger charge is -2.35. The fourth-order valence-electron chi connectivity index (χ4n) is 4.34. The molecule has 1 amide bonds. The Kier molecular flexibility index (Phi) is 5.39. The second kappa shape index (κ2) is 7.89. The second-order valence-corrected chi connectivity index (χ2v) is 7.36. The Labute approximate surface area is 149 Å². The molecule has 1 aromatic heterocycles. The van der Waals surface area contributed by atoms with Crippen LogP contribution in [0.2, 0.25) is 0 Å². The SMILES string of the molecule is O=C(c1ccoc1)N1CC[C@@H]2O[C@H](COCCN3CCCC3)CC[C@@H]21. The van der Waals surface area contributed by atoms with Crippen molar-refractivity contribution >= 4 is 5.91 Å². The summed E-state index contributed by atoms with van der Waals surface area (Å²) in [6, 6.07) is 1.93. The van der Waals surface area contributed by atoms with E-state index in [2.05, 4.69) is 4.90 Å². The van der Waals surface area contributed by atoms with Crippen LogP contribution in [0.5, 0.6) is 0 Å². The van der Waals surface area contributed by atoms with Crippen LogP contribution in [0.3, 0.4) is 0 Å². The zero-order chi connectivity index (χ0) is 17.1. The number of amides is 1. The van der Waals surface area contributed by atoms with Crippen LogP contribution in [0, 0.1) is 0 Å². The third-order valence-corrected chi connectivity index (χ3v) is 5.72. The largest absolute Gasteiger partial charge is 0.472 e. The van der Waals surface area contributed by atoms with E-state index in [1.165, 1.54) is 32.2 Å². The van der Waals surface area contributed by atoms with Gasteiger partial charge in [0.25, 0.3) is 5.91 Å². The maximum Gasteiger partial charge on any atom is 0.257 e. The van der Waals surface area contributed by atoms with Crippen LogP contribution < -0.4 is 0 Å². The quantitative estimate of drug-likeness (QED) is 0.738. The lowest BCUT2D eigenvalue weighted by molar-refractivity contribution is -0.0972. The highest BCUT2D eigenvalue weighted by molar-refractivity contribution is 5.94. The molecule has 0 saturated carbocycles. The summed E-state index contributed by atoms with van der Waals surface area (Å²) in [5, 5.41) is 0. The van der Waals surface area contributed by atoms with Gasteiger partial charge in [0.2, 0.25) is 0 Å². The number of carbonyl (C=O) groups is 1. The van der Waals surface area contributed by atoms with Gasteiger partial charge in [0.1, 0.15) is 6.26 Å². The number of furan rings is 1. The summed E-state index contributed by atoms with van der Waals surface area (Å²) < 4.78 is 17.1. The van der Waals surface area contributed by atoms with Gasteiger partial charge >= 0.3 is 0 Å². The van der Waals surface area contributed by atoms with Crippen molar-refractivity contribution in [1.29, 1.82) is 0 Å². The Morgan fingerprint density at radius 1 is 1.20 bits per heavy atom. The van der Waals surface area contributed by atoms with Gasteiger partial charge in [0.05, 0.1) is 43.3 Å². The number of nitrogens with zero attached hydrogens (tertiary/aromatic N) is 2. The van der Waals surface area contributed by atoms with E-state index in [0.29, 0.717) is 12.2 Å². The van der Waals surface area contributed by atoms with Crippen molar-refractivity contribution < 1.29 is 18.7 Å². The van der Waals surface area contributed by atoms with E-state index in [0.717, 1.165) is 39.0 Å². The van der Waals surface area contributed by atoms with Crippen LogP contribution >= 0.6 is 0 Å². The van der Waals surface area contributed by atoms with Gasteiger partial charge in [-0.1, -0.05) is 0 Å². The molecule has 0 aliphatic carbocycles. The van der Waals surface area contributed by atoms with Gasteiger partial charge in [0.15, 0.2) is 0 Å². The first-order valence-corrected chi connectivity index (χ1v) is 9.60. The molecule has 3 aliphatic rings. The minimum absolute atomic E-state index is 0.0603. The molecule has 0 aromatic carbocycles. The molecule has 6 nitrogen and oxygen atoms in total. The number of hydrogen-bond donors (Lipinski definition) is 0. The number of rotatable bonds is 6. The van der Waals surface area contributed by atoms with Gasteiger partial charge in [-0.15, -0.1) is 0 Å². The van der Waals surface area contributed by atoms with Crippen molar-refractivity contribution in [1.82, 2.24) is 9.80 Å². The summed E-state index contributed by atoms with van der Waals surface area (Å²) in [6.07, 6.45) is 8.91. The molecule has 3 fully saturated rings. The Bertz CT molecular complexity index is 556. The van der Waals surface area contributed by atoms with Crippen molar-refractivity contribution in [2.75, 3.05) is 39.4 Å². The van der Waals surface area contributed by atoms with E-state index in [1.807, 2.05) is 4.90 Å². The summed E-state index contributed by atoms with van der Waals surface area (Å²) in [6.45, 7) is 5.70. The molecule has 4 heterocycles. The molecule has 4 rings (SSSR count). The van der Waals surface area contributed by atoms with Crippen molar-refractivity contribution in [2.45, 2.75) is 50.4 Å². The molecule has 25 heavy (non-hydrogen) atoms. The highest BCUT2D eigenvalue weighted by atomic mass is 16.5. The Morgan fingerprint density at radius 2 is 2.08 bits per heavy atom. The van der Waals surface area contributed by atoms with E-state index >= 15 is 0 Å². The predicted molar refractivity (Wildman–Crippen MR) is 92.5 cm³/mol. The van der Waals surface area contributed by atoms with Crippen LogP contribution in [-0.2, 0) is 9.47 Å². The van der Waals surface area contributed by atoms with Gasteiger partial charge in [-0.2, -0.15) is 0 Å². The lowest BCUT2D eigenvalue weighted by Crippen LogP contribution is -2.46. The first-order valence-electron chi connectivity index (χ1n) is 9.60. The summed E-state index contributed by atoms with van der Waals surface area (Å²) >= 11 is 0. The normalized spacial score (nSPS) is 29.9. The Balaban J connectivity index is 1.21. The van der Waals surface area contributed by atoms with E-state index < -0.39 is 0 Å². The topological polar surface area (TPSA) is 55.2 Å². The van der Waals surface area contributed by atoms with Crippen molar-refractivity contribution in [3.63, 3.8) is 0 Å². The highest BCUT2D eigenvalue weighted by Gasteiger charge is 2.42. The maximum absolute atomic E-state index is 12.6. The summed E-state index contributed by atoms with van der Waals surface area (Å²) in [5.74, 6) is 0.0603. The third kappa shape index (κ3) is 3.91. The molecule has 0 radical (unpaired) electrons. The number of carbonyl (C=O) groups excluding carboxylic acids is 1. The number of likely N-dealkylation sites (tertiary alicyclic amines) is 2. The average Bonchev–Trinajstić information content (AvgIpc) is 3.39. The van der Waals surface area contributed by atoms with Crippen LogP contribution in [-0.4, -0.2) is 73.3 Å². The lowest BCUT2D eigenvalue weighted by atomic mass is 9.99. The molecule has 6 heteroatoms. The molecular formula is C19H28N2O4. The Hall–Kier alpha value is -1.37. The standard InChI is InChI=1S/C19H28N2O4/c22-19(15-6-11-23-13-15)21-9-5-18-17(21)4-3-16(25-18)14-24-12-10-20-7-1-2-8-20/h6,11,13,16-18H,1-5,7-10,12,14H2/t16-,17-,18-/m0/s1. The highest BCUT2D eigenvalue weighted by Crippen LogP contribution is 2.32. The molecule has 3 saturated heterocycles. The molecule has 0 spiro atoms. The molecule has 3 aliphatic heterocycles. The molecule has 3 atom stereocenters. The molecule has 0 unspecified atom stereocenters. The van der Waals surface area contributed by atoms with Gasteiger partial charge < -0.3 is 23.7 Å². The van der Waals surface area contributed by atoms with Gasteiger partial charge in [-0.05, 0) is 51.3 Å². The van der Waals surface area contributed by atoms with Gasteiger partial charge in [-0.3, -0.25) is 4.79 Å². The monoisotopic (exact) mass is 348 g/mol. The number of ether oxygens (including phenoxy) is 2. The minimum Gasteiger partial charge on any atom is -0.472 e. The van der Waals surface area contributed by atoms with Crippen LogP contribution in [0.25, 0.3) is 0 Å². The third-order valence-electron chi connectivity index (χ3n) is 5.72. The van der Waals surface area contributed by atoms with E-state index in [4.69, 9.17) is 13.9 Å². The maximum atomic E-state index is 12.6. The van der Waals surface area contributed by atoms with E-state index in [9.17, 15) is 4.79 Å². The van der Waals surface area contributed by atoms with Crippen LogP contribution in [0.4, 0.5) is 0 Å². The number of fused-ring (bicyclic) bond motifs is 1. The molecule has 0 bridgehead atoms. The fourth-order valence-corrected chi connectivity index (χ4v) is 4.34. The first-order chi connectivity index (χ1) is 12.3. The van der Waals surface area contributed by atoms with Gasteiger partial charge in [-0.25, -0.2) is 0 Å². The summed E-state index contributed by atoms with van der Waals surface area (Å²) in [5.41, 5.74) is 0.632. The zero-order valence-electron chi connectivity index (χ0n) is 14.8. The molecular weight excluding hydrogens is 320 g/mol. The van der Waals surface area contributed by atoms with Crippen molar-refractivity contribution in [3.8, 4) is 0 Å². The summed E-state index contributed by atoms with van der Waals surface area (Å²) in [7, 11) is 0. The number of hydrogen-bond acceptors (Lipinski definition) is 5. The van der Waals surface area contributed by atoms with Crippen molar-refractivity contribution in [2.24, 2.45) is 0 Å². The van der Waals surface area contributed by atoms with Crippen LogP contribution in [0.15, 0.2) is 23.0 Å². The minimum atomic E-state index is 0.0603. The average molecular weight is 348 g/mol.